The Bertz CT molecular complexity index is 676. The molecule has 0 bridgehead atoms. The quantitative estimate of drug-likeness (QED) is 0.924. The molecule has 0 saturated heterocycles. The van der Waals surface area contributed by atoms with Gasteiger partial charge in [0.05, 0.1) is 17.3 Å². The van der Waals surface area contributed by atoms with Crippen molar-refractivity contribution in [3.8, 4) is 17.6 Å². The molecule has 1 heterocycles. The fourth-order valence-corrected chi connectivity index (χ4v) is 2.24. The van der Waals surface area contributed by atoms with Gasteiger partial charge in [0.25, 0.3) is 0 Å². The summed E-state index contributed by atoms with van der Waals surface area (Å²) in [6.45, 7) is 2.30. The van der Waals surface area contributed by atoms with Gasteiger partial charge in [-0.2, -0.15) is 5.26 Å². The summed E-state index contributed by atoms with van der Waals surface area (Å²) < 4.78 is 10.8. The molecule has 1 aliphatic heterocycles. The van der Waals surface area contributed by atoms with Gasteiger partial charge in [-0.25, -0.2) is 0 Å². The van der Waals surface area contributed by atoms with Crippen molar-refractivity contribution >= 4 is 5.69 Å². The van der Waals surface area contributed by atoms with E-state index >= 15 is 0 Å². The Kier molecular flexibility index (Phi) is 3.18. The highest BCUT2D eigenvalue weighted by Crippen LogP contribution is 2.40. The van der Waals surface area contributed by atoms with Crippen molar-refractivity contribution in [2.45, 2.75) is 13.0 Å². The van der Waals surface area contributed by atoms with Gasteiger partial charge in [-0.15, -0.1) is 0 Å². The summed E-state index contributed by atoms with van der Waals surface area (Å²) in [7, 11) is 0. The Morgan fingerprint density at radius 3 is 2.90 bits per heavy atom. The van der Waals surface area contributed by atoms with E-state index in [9.17, 15) is 0 Å². The van der Waals surface area contributed by atoms with Crippen LogP contribution >= 0.6 is 0 Å². The van der Waals surface area contributed by atoms with Crippen LogP contribution in [-0.4, -0.2) is 6.79 Å². The molecule has 0 radical (unpaired) electrons. The average molecular weight is 266 g/mol. The van der Waals surface area contributed by atoms with Crippen LogP contribution in [0.1, 0.15) is 24.1 Å². The molecular weight excluding hydrogens is 252 g/mol. The minimum absolute atomic E-state index is 0.0685. The first-order valence-corrected chi connectivity index (χ1v) is 6.43. The predicted molar refractivity (Wildman–Crippen MR) is 75.8 cm³/mol. The Hall–Kier alpha value is -2.67. The summed E-state index contributed by atoms with van der Waals surface area (Å²) in [5.41, 5.74) is 2.62. The van der Waals surface area contributed by atoms with Gasteiger partial charge in [0.2, 0.25) is 6.79 Å². The SMILES string of the molecule is C[C@H](Nc1cccc2c1OCO2)c1cccc(C#N)c1. The molecule has 0 aromatic heterocycles. The Balaban J connectivity index is 1.84. The zero-order valence-electron chi connectivity index (χ0n) is 11.1. The number of nitrogens with one attached hydrogen (secondary N) is 1. The van der Waals surface area contributed by atoms with Crippen molar-refractivity contribution in [2.75, 3.05) is 12.1 Å². The van der Waals surface area contributed by atoms with Crippen LogP contribution in [0.25, 0.3) is 0 Å². The highest BCUT2D eigenvalue weighted by Gasteiger charge is 2.18. The number of anilines is 1. The van der Waals surface area contributed by atoms with Crippen LogP contribution in [0.3, 0.4) is 0 Å². The molecule has 0 amide bonds. The molecule has 1 aliphatic rings. The van der Waals surface area contributed by atoms with Crippen LogP contribution in [0.5, 0.6) is 11.5 Å². The molecule has 2 aromatic carbocycles. The predicted octanol–water partition coefficient (Wildman–Crippen LogP) is 3.46. The molecule has 100 valence electrons. The summed E-state index contributed by atoms with van der Waals surface area (Å²) in [4.78, 5) is 0. The lowest BCUT2D eigenvalue weighted by atomic mass is 10.1. The number of hydrogen-bond donors (Lipinski definition) is 1. The van der Waals surface area contributed by atoms with Gasteiger partial charge in [0.15, 0.2) is 11.5 Å². The van der Waals surface area contributed by atoms with Gasteiger partial charge < -0.3 is 14.8 Å². The minimum Gasteiger partial charge on any atom is -0.454 e. The summed E-state index contributed by atoms with van der Waals surface area (Å²) in [5, 5.41) is 12.3. The van der Waals surface area contributed by atoms with Crippen molar-refractivity contribution in [3.05, 3.63) is 53.6 Å². The Morgan fingerprint density at radius 2 is 2.05 bits per heavy atom. The standard InChI is InChI=1S/C16H14N2O2/c1-11(13-5-2-4-12(8-13)9-17)18-14-6-3-7-15-16(14)20-10-19-15/h2-8,11,18H,10H2,1H3/t11-/m0/s1. The highest BCUT2D eigenvalue weighted by molar-refractivity contribution is 5.64. The van der Waals surface area contributed by atoms with E-state index in [4.69, 9.17) is 14.7 Å². The number of nitrogens with zero attached hydrogens (tertiary/aromatic N) is 1. The molecule has 20 heavy (non-hydrogen) atoms. The zero-order chi connectivity index (χ0) is 13.9. The Labute approximate surface area is 117 Å². The number of rotatable bonds is 3. The number of para-hydroxylation sites is 1. The van der Waals surface area contributed by atoms with Crippen molar-refractivity contribution in [1.82, 2.24) is 0 Å². The molecular formula is C16H14N2O2. The minimum atomic E-state index is 0.0685. The molecule has 0 unspecified atom stereocenters. The van der Waals surface area contributed by atoms with E-state index in [1.165, 1.54) is 0 Å². The number of ether oxygens (including phenoxy) is 2. The molecule has 4 nitrogen and oxygen atoms in total. The molecule has 0 spiro atoms. The number of hydrogen-bond acceptors (Lipinski definition) is 4. The van der Waals surface area contributed by atoms with Gasteiger partial charge >= 0.3 is 0 Å². The fraction of sp³-hybridized carbons (Fsp3) is 0.188. The third-order valence-corrected chi connectivity index (χ3v) is 3.28. The van der Waals surface area contributed by atoms with Crippen molar-refractivity contribution in [1.29, 1.82) is 5.26 Å². The van der Waals surface area contributed by atoms with E-state index in [1.54, 1.807) is 6.07 Å². The second-order valence-electron chi connectivity index (χ2n) is 4.64. The zero-order valence-corrected chi connectivity index (χ0v) is 11.1. The third-order valence-electron chi connectivity index (χ3n) is 3.28. The molecule has 0 saturated carbocycles. The second-order valence-corrected chi connectivity index (χ2v) is 4.64. The first kappa shape index (κ1) is 12.4. The number of nitriles is 1. The van der Waals surface area contributed by atoms with Crippen molar-refractivity contribution in [2.24, 2.45) is 0 Å². The molecule has 1 N–H and O–H groups in total. The van der Waals surface area contributed by atoms with E-state index in [2.05, 4.69) is 11.4 Å². The van der Waals surface area contributed by atoms with Crippen LogP contribution in [0.15, 0.2) is 42.5 Å². The molecule has 0 aliphatic carbocycles. The fourth-order valence-electron chi connectivity index (χ4n) is 2.24. The molecule has 2 aromatic rings. The average Bonchev–Trinajstić information content (AvgIpc) is 2.97. The maximum Gasteiger partial charge on any atom is 0.231 e. The lowest BCUT2D eigenvalue weighted by molar-refractivity contribution is 0.174. The van der Waals surface area contributed by atoms with Gasteiger partial charge in [0, 0.05) is 6.04 Å². The van der Waals surface area contributed by atoms with E-state index < -0.39 is 0 Å². The van der Waals surface area contributed by atoms with Crippen molar-refractivity contribution < 1.29 is 9.47 Å². The van der Waals surface area contributed by atoms with Gasteiger partial charge in [-0.05, 0) is 36.8 Å². The molecule has 0 fully saturated rings. The van der Waals surface area contributed by atoms with Crippen LogP contribution < -0.4 is 14.8 Å². The summed E-state index contributed by atoms with van der Waals surface area (Å²) >= 11 is 0. The lowest BCUT2D eigenvalue weighted by Gasteiger charge is -2.17. The van der Waals surface area contributed by atoms with Crippen LogP contribution in [0, 0.1) is 11.3 Å². The van der Waals surface area contributed by atoms with Crippen molar-refractivity contribution in [3.63, 3.8) is 0 Å². The lowest BCUT2D eigenvalue weighted by Crippen LogP contribution is -2.07. The number of fused-ring (bicyclic) bond motifs is 1. The van der Waals surface area contributed by atoms with E-state index in [0.717, 1.165) is 22.7 Å². The highest BCUT2D eigenvalue weighted by atomic mass is 16.7. The first-order chi connectivity index (χ1) is 9.78. The maximum atomic E-state index is 8.95. The second kappa shape index (κ2) is 5.14. The van der Waals surface area contributed by atoms with Gasteiger partial charge in [-0.1, -0.05) is 18.2 Å². The number of benzene rings is 2. The topological polar surface area (TPSA) is 54.3 Å². The molecule has 1 atom stereocenters. The molecule has 4 heteroatoms. The van der Waals surface area contributed by atoms with Crippen LogP contribution in [-0.2, 0) is 0 Å². The maximum absolute atomic E-state index is 8.95. The Morgan fingerprint density at radius 1 is 1.20 bits per heavy atom. The van der Waals surface area contributed by atoms with Crippen LogP contribution in [0.4, 0.5) is 5.69 Å². The molecule has 3 rings (SSSR count). The normalized spacial score (nSPS) is 13.6. The van der Waals surface area contributed by atoms with E-state index in [0.29, 0.717) is 5.56 Å². The van der Waals surface area contributed by atoms with Crippen LogP contribution in [0.2, 0.25) is 0 Å². The first-order valence-electron chi connectivity index (χ1n) is 6.43. The summed E-state index contributed by atoms with van der Waals surface area (Å²) in [5.74, 6) is 1.50. The monoisotopic (exact) mass is 266 g/mol. The smallest absolute Gasteiger partial charge is 0.231 e. The van der Waals surface area contributed by atoms with E-state index in [1.807, 2.05) is 43.3 Å². The largest absolute Gasteiger partial charge is 0.454 e. The summed E-state index contributed by atoms with van der Waals surface area (Å²) in [6.07, 6.45) is 0. The summed E-state index contributed by atoms with van der Waals surface area (Å²) in [6, 6.07) is 15.6. The third kappa shape index (κ3) is 2.26. The van der Waals surface area contributed by atoms with Gasteiger partial charge in [-0.3, -0.25) is 0 Å². The van der Waals surface area contributed by atoms with E-state index in [-0.39, 0.29) is 12.8 Å². The van der Waals surface area contributed by atoms with Gasteiger partial charge in [0.1, 0.15) is 0 Å².